The molecule has 0 aliphatic carbocycles. The number of aromatic nitrogens is 2. The van der Waals surface area contributed by atoms with E-state index >= 15 is 0 Å². The molecule has 0 atom stereocenters. The molecule has 1 aromatic carbocycles. The second-order valence-electron chi connectivity index (χ2n) is 4.18. The van der Waals surface area contributed by atoms with Crippen LogP contribution in [0.1, 0.15) is 11.3 Å². The number of hydrogen-bond donors (Lipinski definition) is 3. The quantitative estimate of drug-likeness (QED) is 0.597. The van der Waals surface area contributed by atoms with E-state index in [1.54, 1.807) is 13.0 Å². The molecule has 1 heterocycles. The SMILES string of the molecule is Cc1cc(Nc2ccc(C(F)(F)F)cc2Cl)nc(NN)n1. The number of nitrogen functional groups attached to an aromatic ring is 1. The van der Waals surface area contributed by atoms with E-state index in [0.29, 0.717) is 17.2 Å². The van der Waals surface area contributed by atoms with Gasteiger partial charge in [0.05, 0.1) is 16.3 Å². The van der Waals surface area contributed by atoms with Crippen LogP contribution in [-0.4, -0.2) is 9.97 Å². The number of nitrogens with one attached hydrogen (secondary N) is 2. The fraction of sp³-hybridized carbons (Fsp3) is 0.167. The van der Waals surface area contributed by atoms with Gasteiger partial charge in [-0.05, 0) is 25.1 Å². The fourth-order valence-corrected chi connectivity index (χ4v) is 1.86. The van der Waals surface area contributed by atoms with Gasteiger partial charge < -0.3 is 5.32 Å². The van der Waals surface area contributed by atoms with E-state index in [0.717, 1.165) is 12.1 Å². The molecule has 1 aromatic heterocycles. The minimum absolute atomic E-state index is 0.0663. The first-order valence-corrected chi connectivity index (χ1v) is 6.13. The normalized spacial score (nSPS) is 11.3. The van der Waals surface area contributed by atoms with E-state index in [1.165, 1.54) is 6.07 Å². The molecule has 0 unspecified atom stereocenters. The monoisotopic (exact) mass is 317 g/mol. The molecule has 0 bridgehead atoms. The van der Waals surface area contributed by atoms with E-state index in [1.807, 2.05) is 0 Å². The van der Waals surface area contributed by atoms with Crippen LogP contribution in [0.4, 0.5) is 30.6 Å². The van der Waals surface area contributed by atoms with Crippen molar-refractivity contribution < 1.29 is 13.2 Å². The van der Waals surface area contributed by atoms with Crippen molar-refractivity contribution in [2.24, 2.45) is 5.84 Å². The van der Waals surface area contributed by atoms with Crippen molar-refractivity contribution in [3.63, 3.8) is 0 Å². The topological polar surface area (TPSA) is 75.9 Å². The van der Waals surface area contributed by atoms with Crippen molar-refractivity contribution in [2.75, 3.05) is 10.7 Å². The third-order valence-electron chi connectivity index (χ3n) is 2.54. The Labute approximate surface area is 123 Å². The molecule has 0 saturated heterocycles. The Hall–Kier alpha value is -2.06. The summed E-state index contributed by atoms with van der Waals surface area (Å²) in [6.45, 7) is 1.72. The Bertz CT molecular complexity index is 660. The summed E-state index contributed by atoms with van der Waals surface area (Å²) in [5.74, 6) is 5.76. The van der Waals surface area contributed by atoms with E-state index in [-0.39, 0.29) is 11.0 Å². The zero-order valence-electron chi connectivity index (χ0n) is 10.8. The van der Waals surface area contributed by atoms with Gasteiger partial charge in [-0.15, -0.1) is 0 Å². The third-order valence-corrected chi connectivity index (χ3v) is 2.86. The second-order valence-corrected chi connectivity index (χ2v) is 4.59. The minimum Gasteiger partial charge on any atom is -0.339 e. The van der Waals surface area contributed by atoms with Crippen LogP contribution in [0.5, 0.6) is 0 Å². The van der Waals surface area contributed by atoms with Crippen LogP contribution in [0.2, 0.25) is 5.02 Å². The molecule has 0 spiro atoms. The highest BCUT2D eigenvalue weighted by Gasteiger charge is 2.30. The molecule has 0 aliphatic heterocycles. The summed E-state index contributed by atoms with van der Waals surface area (Å²) >= 11 is 5.85. The Morgan fingerprint density at radius 2 is 1.90 bits per heavy atom. The zero-order valence-corrected chi connectivity index (χ0v) is 11.5. The van der Waals surface area contributed by atoms with E-state index in [2.05, 4.69) is 20.7 Å². The molecule has 0 fully saturated rings. The van der Waals surface area contributed by atoms with Gasteiger partial charge >= 0.3 is 6.18 Å². The van der Waals surface area contributed by atoms with Gasteiger partial charge in [0.2, 0.25) is 5.95 Å². The van der Waals surface area contributed by atoms with Crippen LogP contribution in [0.15, 0.2) is 24.3 Å². The van der Waals surface area contributed by atoms with Crippen LogP contribution >= 0.6 is 11.6 Å². The van der Waals surface area contributed by atoms with E-state index in [9.17, 15) is 13.2 Å². The molecular weight excluding hydrogens is 307 g/mol. The zero-order chi connectivity index (χ0) is 15.6. The summed E-state index contributed by atoms with van der Waals surface area (Å²) < 4.78 is 37.7. The van der Waals surface area contributed by atoms with Gasteiger partial charge in [-0.1, -0.05) is 11.6 Å². The Kier molecular flexibility index (Phi) is 4.19. The van der Waals surface area contributed by atoms with Gasteiger partial charge in [0.1, 0.15) is 5.82 Å². The summed E-state index contributed by atoms with van der Waals surface area (Å²) in [5.41, 5.74) is 2.40. The van der Waals surface area contributed by atoms with Gasteiger partial charge in [-0.3, -0.25) is 5.43 Å². The third kappa shape index (κ3) is 3.73. The average molecular weight is 318 g/mol. The van der Waals surface area contributed by atoms with Crippen LogP contribution in [-0.2, 0) is 6.18 Å². The number of halogens is 4. The predicted octanol–water partition coefficient (Wildman–Crippen LogP) is 3.49. The number of hydrogen-bond acceptors (Lipinski definition) is 5. The van der Waals surface area contributed by atoms with Crippen molar-refractivity contribution in [3.05, 3.63) is 40.5 Å². The average Bonchev–Trinajstić information content (AvgIpc) is 2.39. The lowest BCUT2D eigenvalue weighted by molar-refractivity contribution is -0.137. The lowest BCUT2D eigenvalue weighted by atomic mass is 10.2. The van der Waals surface area contributed by atoms with Gasteiger partial charge in [0.15, 0.2) is 0 Å². The Balaban J connectivity index is 2.30. The standard InChI is InChI=1S/C12H11ClF3N5/c1-6-4-10(20-11(18-6)21-17)19-9-3-2-7(5-8(9)13)12(14,15)16/h2-5H,17H2,1H3,(H2,18,19,20,21). The lowest BCUT2D eigenvalue weighted by Crippen LogP contribution is -2.12. The van der Waals surface area contributed by atoms with Crippen molar-refractivity contribution in [3.8, 4) is 0 Å². The first-order chi connectivity index (χ1) is 9.79. The maximum absolute atomic E-state index is 12.6. The number of nitrogens with zero attached hydrogens (tertiary/aromatic N) is 2. The number of alkyl halides is 3. The van der Waals surface area contributed by atoms with Gasteiger partial charge in [-0.2, -0.15) is 18.2 Å². The van der Waals surface area contributed by atoms with Crippen molar-refractivity contribution >= 4 is 29.1 Å². The summed E-state index contributed by atoms with van der Waals surface area (Å²) in [4.78, 5) is 8.01. The Morgan fingerprint density at radius 1 is 1.19 bits per heavy atom. The Morgan fingerprint density at radius 3 is 2.48 bits per heavy atom. The molecule has 21 heavy (non-hydrogen) atoms. The van der Waals surface area contributed by atoms with Gasteiger partial charge in [0, 0.05) is 11.8 Å². The van der Waals surface area contributed by atoms with Crippen LogP contribution in [0.25, 0.3) is 0 Å². The molecule has 112 valence electrons. The number of rotatable bonds is 3. The van der Waals surface area contributed by atoms with Crippen LogP contribution in [0.3, 0.4) is 0 Å². The number of benzene rings is 1. The van der Waals surface area contributed by atoms with Crippen molar-refractivity contribution in [1.82, 2.24) is 9.97 Å². The second kappa shape index (κ2) is 5.74. The molecule has 4 N–H and O–H groups in total. The number of aryl methyl sites for hydroxylation is 1. The van der Waals surface area contributed by atoms with Crippen LogP contribution in [0, 0.1) is 6.92 Å². The minimum atomic E-state index is -4.44. The maximum Gasteiger partial charge on any atom is 0.416 e. The first kappa shape index (κ1) is 15.3. The van der Waals surface area contributed by atoms with Crippen molar-refractivity contribution in [1.29, 1.82) is 0 Å². The predicted molar refractivity (Wildman–Crippen MR) is 74.3 cm³/mol. The number of anilines is 3. The smallest absolute Gasteiger partial charge is 0.339 e. The molecule has 2 rings (SSSR count). The van der Waals surface area contributed by atoms with E-state index in [4.69, 9.17) is 17.4 Å². The molecule has 0 amide bonds. The largest absolute Gasteiger partial charge is 0.416 e. The van der Waals surface area contributed by atoms with Gasteiger partial charge in [-0.25, -0.2) is 10.8 Å². The maximum atomic E-state index is 12.6. The summed E-state index contributed by atoms with van der Waals surface area (Å²) in [6, 6.07) is 4.62. The van der Waals surface area contributed by atoms with E-state index < -0.39 is 11.7 Å². The lowest BCUT2D eigenvalue weighted by Gasteiger charge is -2.12. The molecule has 9 heteroatoms. The highest BCUT2D eigenvalue weighted by atomic mass is 35.5. The highest BCUT2D eigenvalue weighted by molar-refractivity contribution is 6.33. The summed E-state index contributed by atoms with van der Waals surface area (Å²) in [6.07, 6.45) is -4.44. The molecule has 0 saturated carbocycles. The molecule has 0 aliphatic rings. The van der Waals surface area contributed by atoms with Crippen molar-refractivity contribution in [2.45, 2.75) is 13.1 Å². The molecule has 2 aromatic rings. The molecule has 5 nitrogen and oxygen atoms in total. The number of nitrogens with two attached hydrogens (primary N) is 1. The fourth-order valence-electron chi connectivity index (χ4n) is 1.63. The van der Waals surface area contributed by atoms with Crippen LogP contribution < -0.4 is 16.6 Å². The summed E-state index contributed by atoms with van der Waals surface area (Å²) in [7, 11) is 0. The summed E-state index contributed by atoms with van der Waals surface area (Å²) in [5, 5.41) is 2.75. The highest BCUT2D eigenvalue weighted by Crippen LogP contribution is 2.34. The first-order valence-electron chi connectivity index (χ1n) is 5.75. The molecule has 0 radical (unpaired) electrons. The number of hydrazine groups is 1. The molecular formula is C12H11ClF3N5. The van der Waals surface area contributed by atoms with Gasteiger partial charge in [0.25, 0.3) is 0 Å².